The molecule has 0 amide bonds. The molecule has 1 aromatic heterocycles. The molecule has 0 bridgehead atoms. The number of hydrogen-bond donors (Lipinski definition) is 2. The third-order valence-electron chi connectivity index (χ3n) is 3.95. The number of fused-ring (bicyclic) bond motifs is 1. The van der Waals surface area contributed by atoms with Crippen molar-refractivity contribution in [3.8, 4) is 0 Å². The van der Waals surface area contributed by atoms with Crippen molar-refractivity contribution in [3.05, 3.63) is 46.2 Å². The largest absolute Gasteiger partial charge is 0.383 e. The molecule has 1 heterocycles. The molecule has 23 heavy (non-hydrogen) atoms. The van der Waals surface area contributed by atoms with Gasteiger partial charge in [-0.05, 0) is 36.7 Å². The van der Waals surface area contributed by atoms with Crippen LogP contribution in [0.5, 0.6) is 0 Å². The van der Waals surface area contributed by atoms with Crippen LogP contribution in [0, 0.1) is 0 Å². The van der Waals surface area contributed by atoms with Gasteiger partial charge in [-0.3, -0.25) is 4.79 Å². The Balaban J connectivity index is 1.86. The first-order valence-corrected chi connectivity index (χ1v) is 8.23. The summed E-state index contributed by atoms with van der Waals surface area (Å²) in [5, 5.41) is 5.14. The molecule has 0 unspecified atom stereocenters. The monoisotopic (exact) mass is 331 g/mol. The Morgan fingerprint density at radius 3 is 2.96 bits per heavy atom. The van der Waals surface area contributed by atoms with Crippen LogP contribution in [-0.2, 0) is 11.3 Å². The maximum Gasteiger partial charge on any atom is 0.248 e. The third-order valence-corrected chi connectivity index (χ3v) is 4.33. The van der Waals surface area contributed by atoms with Crippen molar-refractivity contribution >= 4 is 28.2 Å². The van der Waals surface area contributed by atoms with Crippen LogP contribution in [0.25, 0.3) is 10.9 Å². The van der Waals surface area contributed by atoms with Crippen molar-refractivity contribution in [2.24, 2.45) is 0 Å². The van der Waals surface area contributed by atoms with Crippen molar-refractivity contribution in [2.45, 2.75) is 25.4 Å². The predicted molar refractivity (Wildman–Crippen MR) is 95.6 cm³/mol. The average molecular weight is 331 g/mol. The number of methoxy groups -OCH3 is 1. The summed E-state index contributed by atoms with van der Waals surface area (Å²) >= 11 is 5.53. The van der Waals surface area contributed by atoms with Gasteiger partial charge in [-0.1, -0.05) is 18.2 Å². The van der Waals surface area contributed by atoms with Crippen LogP contribution in [0.2, 0.25) is 0 Å². The lowest BCUT2D eigenvalue weighted by Crippen LogP contribution is -2.42. The molecule has 0 spiro atoms. The molecule has 1 aromatic carbocycles. The zero-order valence-electron chi connectivity index (χ0n) is 13.2. The van der Waals surface area contributed by atoms with Crippen LogP contribution in [0.4, 0.5) is 0 Å². The fourth-order valence-electron chi connectivity index (χ4n) is 2.56. The van der Waals surface area contributed by atoms with Crippen LogP contribution >= 0.6 is 12.2 Å². The third kappa shape index (κ3) is 4.09. The van der Waals surface area contributed by atoms with E-state index in [0.717, 1.165) is 21.6 Å². The normalized spacial score (nSPS) is 14.0. The SMILES string of the molecule is COCCN(Cc1cc(=O)[nH]c2ccccc12)C(=S)NC1CC1. The number of hydrogen-bond acceptors (Lipinski definition) is 3. The van der Waals surface area contributed by atoms with Crippen LogP contribution in [0.3, 0.4) is 0 Å². The lowest BCUT2D eigenvalue weighted by molar-refractivity contribution is 0.174. The molecule has 6 heteroatoms. The highest BCUT2D eigenvalue weighted by atomic mass is 32.1. The topological polar surface area (TPSA) is 57.4 Å². The highest BCUT2D eigenvalue weighted by molar-refractivity contribution is 7.80. The van der Waals surface area contributed by atoms with E-state index in [1.54, 1.807) is 13.2 Å². The zero-order chi connectivity index (χ0) is 16.2. The van der Waals surface area contributed by atoms with Gasteiger partial charge in [0.1, 0.15) is 0 Å². The Hall–Kier alpha value is -1.92. The van der Waals surface area contributed by atoms with Crippen molar-refractivity contribution in [1.82, 2.24) is 15.2 Å². The van der Waals surface area contributed by atoms with E-state index in [1.807, 2.05) is 24.3 Å². The summed E-state index contributed by atoms with van der Waals surface area (Å²) in [7, 11) is 1.68. The standard InChI is InChI=1S/C17H21N3O2S/c1-22-9-8-20(17(23)18-13-6-7-13)11-12-10-16(21)19-15-5-3-2-4-14(12)15/h2-5,10,13H,6-9,11H2,1H3,(H,18,23)(H,19,21). The highest BCUT2D eigenvalue weighted by Gasteiger charge is 2.24. The summed E-state index contributed by atoms with van der Waals surface area (Å²) < 4.78 is 5.20. The number of para-hydroxylation sites is 1. The number of nitrogens with one attached hydrogen (secondary N) is 2. The molecule has 122 valence electrons. The van der Waals surface area contributed by atoms with Crippen molar-refractivity contribution < 1.29 is 4.74 Å². The number of H-pyrrole nitrogens is 1. The van der Waals surface area contributed by atoms with Gasteiger partial charge in [0.05, 0.1) is 6.61 Å². The molecule has 2 N–H and O–H groups in total. The smallest absolute Gasteiger partial charge is 0.248 e. The van der Waals surface area contributed by atoms with Crippen LogP contribution < -0.4 is 10.9 Å². The van der Waals surface area contributed by atoms with Crippen molar-refractivity contribution in [3.63, 3.8) is 0 Å². The molecule has 0 saturated heterocycles. The number of aromatic nitrogens is 1. The van der Waals surface area contributed by atoms with E-state index >= 15 is 0 Å². The van der Waals surface area contributed by atoms with Gasteiger partial charge in [0.2, 0.25) is 5.56 Å². The average Bonchev–Trinajstić information content (AvgIpc) is 3.34. The van der Waals surface area contributed by atoms with Gasteiger partial charge in [0, 0.05) is 43.2 Å². The van der Waals surface area contributed by atoms with Crippen LogP contribution in [0.15, 0.2) is 35.1 Å². The van der Waals surface area contributed by atoms with E-state index in [9.17, 15) is 4.79 Å². The molecule has 0 aliphatic heterocycles. The Kier molecular flexibility index (Phi) is 4.93. The molecular weight excluding hydrogens is 310 g/mol. The second kappa shape index (κ2) is 7.10. The summed E-state index contributed by atoms with van der Waals surface area (Å²) in [5.74, 6) is 0. The number of pyridine rings is 1. The van der Waals surface area contributed by atoms with Crippen molar-refractivity contribution in [1.29, 1.82) is 0 Å². The number of ether oxygens (including phenoxy) is 1. The Labute approximate surface area is 140 Å². The maximum atomic E-state index is 11.9. The number of aromatic amines is 1. The summed E-state index contributed by atoms with van der Waals surface area (Å²) in [5.41, 5.74) is 1.73. The first-order valence-electron chi connectivity index (χ1n) is 7.82. The van der Waals surface area contributed by atoms with Crippen molar-refractivity contribution in [2.75, 3.05) is 20.3 Å². The maximum absolute atomic E-state index is 11.9. The molecule has 5 nitrogen and oxygen atoms in total. The van der Waals surface area contributed by atoms with E-state index in [2.05, 4.69) is 15.2 Å². The predicted octanol–water partition coefficient (Wildman–Crippen LogP) is 2.01. The fraction of sp³-hybridized carbons (Fsp3) is 0.412. The van der Waals surface area contributed by atoms with Gasteiger partial charge >= 0.3 is 0 Å². The van der Waals surface area contributed by atoms with Gasteiger partial charge in [-0.2, -0.15) is 0 Å². The quantitative estimate of drug-likeness (QED) is 0.793. The van der Waals surface area contributed by atoms with E-state index in [4.69, 9.17) is 17.0 Å². The molecule has 0 radical (unpaired) electrons. The van der Waals surface area contributed by atoms with Gasteiger partial charge in [-0.15, -0.1) is 0 Å². The van der Waals surface area contributed by atoms with Crippen LogP contribution in [-0.4, -0.2) is 41.3 Å². The highest BCUT2D eigenvalue weighted by Crippen LogP contribution is 2.20. The number of thiocarbonyl (C=S) groups is 1. The lowest BCUT2D eigenvalue weighted by Gasteiger charge is -2.26. The second-order valence-electron chi connectivity index (χ2n) is 5.84. The second-order valence-corrected chi connectivity index (χ2v) is 6.23. The summed E-state index contributed by atoms with van der Waals surface area (Å²) in [6.07, 6.45) is 2.35. The summed E-state index contributed by atoms with van der Waals surface area (Å²) in [4.78, 5) is 16.8. The summed E-state index contributed by atoms with van der Waals surface area (Å²) in [6, 6.07) is 9.99. The first kappa shape index (κ1) is 16.0. The van der Waals surface area contributed by atoms with E-state index < -0.39 is 0 Å². The first-order chi connectivity index (χ1) is 11.2. The Morgan fingerprint density at radius 2 is 2.22 bits per heavy atom. The molecule has 1 fully saturated rings. The lowest BCUT2D eigenvalue weighted by atomic mass is 10.1. The molecule has 3 rings (SSSR count). The van der Waals surface area contributed by atoms with Crippen LogP contribution in [0.1, 0.15) is 18.4 Å². The molecular formula is C17H21N3O2S. The van der Waals surface area contributed by atoms with E-state index in [0.29, 0.717) is 25.7 Å². The van der Waals surface area contributed by atoms with Gasteiger partial charge in [0.15, 0.2) is 5.11 Å². The minimum atomic E-state index is -0.0912. The molecule has 1 aliphatic rings. The summed E-state index contributed by atoms with van der Waals surface area (Å²) in [6.45, 7) is 1.87. The fourth-order valence-corrected chi connectivity index (χ4v) is 2.88. The molecule has 1 saturated carbocycles. The van der Waals surface area contributed by atoms with E-state index in [1.165, 1.54) is 12.8 Å². The minimum absolute atomic E-state index is 0.0912. The number of rotatable bonds is 6. The Bertz CT molecular complexity index is 755. The number of nitrogens with zero attached hydrogens (tertiary/aromatic N) is 1. The van der Waals surface area contributed by atoms with Gasteiger partial charge in [0.25, 0.3) is 0 Å². The Morgan fingerprint density at radius 1 is 1.43 bits per heavy atom. The van der Waals surface area contributed by atoms with Gasteiger partial charge in [-0.25, -0.2) is 0 Å². The molecule has 0 atom stereocenters. The molecule has 2 aromatic rings. The zero-order valence-corrected chi connectivity index (χ0v) is 14.0. The molecule has 1 aliphatic carbocycles. The number of benzene rings is 1. The van der Waals surface area contributed by atoms with Gasteiger partial charge < -0.3 is 19.9 Å². The minimum Gasteiger partial charge on any atom is -0.383 e. The van der Waals surface area contributed by atoms with E-state index in [-0.39, 0.29) is 5.56 Å².